The van der Waals surface area contributed by atoms with Gasteiger partial charge < -0.3 is 14.4 Å². The summed E-state index contributed by atoms with van der Waals surface area (Å²) in [4.78, 5) is 18.2. The summed E-state index contributed by atoms with van der Waals surface area (Å²) >= 11 is 0. The van der Waals surface area contributed by atoms with Crippen molar-refractivity contribution < 1.29 is 0 Å². The predicted molar refractivity (Wildman–Crippen MR) is 101 cm³/mol. The Bertz CT molecular complexity index is 892. The van der Waals surface area contributed by atoms with E-state index in [4.69, 9.17) is 4.98 Å². The van der Waals surface area contributed by atoms with E-state index in [0.717, 1.165) is 36.2 Å². The minimum absolute atomic E-state index is 0.398. The smallest absolute Gasteiger partial charge is 0.227 e. The van der Waals surface area contributed by atoms with Gasteiger partial charge in [-0.3, -0.25) is 0 Å². The lowest BCUT2D eigenvalue weighted by Gasteiger charge is -2.41. The summed E-state index contributed by atoms with van der Waals surface area (Å²) in [7, 11) is 4.00. The second-order valence-corrected chi connectivity index (χ2v) is 7.15. The van der Waals surface area contributed by atoms with Gasteiger partial charge in [0.15, 0.2) is 0 Å². The van der Waals surface area contributed by atoms with Crippen LogP contribution in [0.3, 0.4) is 0 Å². The third kappa shape index (κ3) is 2.71. The highest BCUT2D eigenvalue weighted by Crippen LogP contribution is 2.32. The molecule has 2 aromatic heterocycles. The van der Waals surface area contributed by atoms with Crippen molar-refractivity contribution in [3.05, 3.63) is 42.4 Å². The fraction of sp³-hybridized carbons (Fsp3) is 0.421. The van der Waals surface area contributed by atoms with Gasteiger partial charge in [0.05, 0.1) is 17.1 Å². The summed E-state index contributed by atoms with van der Waals surface area (Å²) in [5.74, 6) is 3.30. The van der Waals surface area contributed by atoms with Crippen molar-refractivity contribution in [3.63, 3.8) is 0 Å². The van der Waals surface area contributed by atoms with Crippen LogP contribution in [-0.2, 0) is 0 Å². The molecule has 4 rings (SSSR count). The van der Waals surface area contributed by atoms with Crippen LogP contribution < -0.4 is 9.80 Å². The van der Waals surface area contributed by atoms with Crippen molar-refractivity contribution >= 4 is 22.8 Å². The van der Waals surface area contributed by atoms with E-state index >= 15 is 0 Å². The Morgan fingerprint density at radius 2 is 1.84 bits per heavy atom. The molecule has 6 nitrogen and oxygen atoms in total. The Labute approximate surface area is 148 Å². The van der Waals surface area contributed by atoms with Gasteiger partial charge in [0.25, 0.3) is 0 Å². The van der Waals surface area contributed by atoms with Gasteiger partial charge in [-0.25, -0.2) is 9.97 Å². The Morgan fingerprint density at radius 3 is 2.56 bits per heavy atom. The van der Waals surface area contributed by atoms with Crippen molar-refractivity contribution in [2.75, 3.05) is 37.0 Å². The molecule has 25 heavy (non-hydrogen) atoms. The molecule has 1 aliphatic heterocycles. The summed E-state index contributed by atoms with van der Waals surface area (Å²) in [6.07, 6.45) is 1.83. The third-order valence-electron chi connectivity index (χ3n) is 4.74. The first-order valence-electron chi connectivity index (χ1n) is 8.76. The Hall–Kier alpha value is -2.63. The molecule has 130 valence electrons. The second kappa shape index (κ2) is 6.02. The van der Waals surface area contributed by atoms with Crippen molar-refractivity contribution in [2.24, 2.45) is 0 Å². The average Bonchev–Trinajstić information content (AvgIpc) is 2.94. The molecule has 0 N–H and O–H groups in total. The molecular formula is C19H24N6. The van der Waals surface area contributed by atoms with Crippen LogP contribution in [-0.4, -0.2) is 46.7 Å². The quantitative estimate of drug-likeness (QED) is 0.733. The number of imidazole rings is 1. The molecule has 1 saturated heterocycles. The minimum atomic E-state index is 0.398. The standard InChI is InChI=1S/C19H24N6/c1-13(2)18-21-15-7-5-6-8-16(15)25(18)14-11-24(12-14)19-20-10-9-17(22-19)23(3)4/h5-10,13-14H,11-12H2,1-4H3. The molecule has 0 unspecified atom stereocenters. The molecule has 0 aliphatic carbocycles. The Kier molecular flexibility index (Phi) is 3.82. The van der Waals surface area contributed by atoms with Gasteiger partial charge in [-0.15, -0.1) is 0 Å². The van der Waals surface area contributed by atoms with Gasteiger partial charge in [0, 0.05) is 39.3 Å². The average molecular weight is 336 g/mol. The van der Waals surface area contributed by atoms with Crippen LogP contribution in [0, 0.1) is 0 Å². The van der Waals surface area contributed by atoms with Gasteiger partial charge in [-0.2, -0.15) is 4.98 Å². The van der Waals surface area contributed by atoms with Gasteiger partial charge in [-0.1, -0.05) is 26.0 Å². The maximum absolute atomic E-state index is 4.86. The summed E-state index contributed by atoms with van der Waals surface area (Å²) in [6, 6.07) is 10.7. The largest absolute Gasteiger partial charge is 0.363 e. The zero-order valence-corrected chi connectivity index (χ0v) is 15.2. The maximum Gasteiger partial charge on any atom is 0.227 e. The maximum atomic E-state index is 4.86. The molecule has 0 saturated carbocycles. The highest BCUT2D eigenvalue weighted by molar-refractivity contribution is 5.76. The number of aromatic nitrogens is 4. The van der Waals surface area contributed by atoms with Crippen LogP contribution in [0.1, 0.15) is 31.6 Å². The minimum Gasteiger partial charge on any atom is -0.363 e. The van der Waals surface area contributed by atoms with Crippen molar-refractivity contribution in [1.29, 1.82) is 0 Å². The zero-order chi connectivity index (χ0) is 17.6. The molecule has 3 aromatic rings. The van der Waals surface area contributed by atoms with E-state index in [1.807, 2.05) is 31.3 Å². The van der Waals surface area contributed by atoms with E-state index in [2.05, 4.69) is 57.5 Å². The van der Waals surface area contributed by atoms with E-state index in [1.165, 1.54) is 5.52 Å². The molecule has 0 amide bonds. The van der Waals surface area contributed by atoms with E-state index < -0.39 is 0 Å². The van der Waals surface area contributed by atoms with Gasteiger partial charge in [0.1, 0.15) is 11.6 Å². The third-order valence-corrected chi connectivity index (χ3v) is 4.74. The fourth-order valence-electron chi connectivity index (χ4n) is 3.38. The lowest BCUT2D eigenvalue weighted by Crippen LogP contribution is -2.49. The first kappa shape index (κ1) is 15.9. The molecule has 1 fully saturated rings. The van der Waals surface area contributed by atoms with Crippen LogP contribution in [0.5, 0.6) is 0 Å². The molecule has 3 heterocycles. The van der Waals surface area contributed by atoms with Crippen molar-refractivity contribution in [3.8, 4) is 0 Å². The van der Waals surface area contributed by atoms with Gasteiger partial charge in [-0.05, 0) is 18.2 Å². The first-order valence-corrected chi connectivity index (χ1v) is 8.76. The number of hydrogen-bond acceptors (Lipinski definition) is 5. The van der Waals surface area contributed by atoms with Gasteiger partial charge >= 0.3 is 0 Å². The summed E-state index contributed by atoms with van der Waals surface area (Å²) < 4.78 is 2.41. The van der Waals surface area contributed by atoms with Crippen LogP contribution in [0.15, 0.2) is 36.5 Å². The zero-order valence-electron chi connectivity index (χ0n) is 15.2. The Balaban J connectivity index is 1.61. The number of anilines is 2. The van der Waals surface area contributed by atoms with E-state index in [-0.39, 0.29) is 0 Å². The van der Waals surface area contributed by atoms with Crippen LogP contribution in [0.4, 0.5) is 11.8 Å². The van der Waals surface area contributed by atoms with E-state index in [9.17, 15) is 0 Å². The number of benzene rings is 1. The van der Waals surface area contributed by atoms with Crippen molar-refractivity contribution in [1.82, 2.24) is 19.5 Å². The number of rotatable bonds is 4. The van der Waals surface area contributed by atoms with Gasteiger partial charge in [0.2, 0.25) is 5.95 Å². The molecule has 1 aromatic carbocycles. The Morgan fingerprint density at radius 1 is 1.08 bits per heavy atom. The monoisotopic (exact) mass is 336 g/mol. The fourth-order valence-corrected chi connectivity index (χ4v) is 3.38. The molecule has 1 aliphatic rings. The van der Waals surface area contributed by atoms with Crippen molar-refractivity contribution in [2.45, 2.75) is 25.8 Å². The number of para-hydroxylation sites is 2. The molecular weight excluding hydrogens is 312 g/mol. The molecule has 0 radical (unpaired) electrons. The normalized spacial score (nSPS) is 15.0. The summed E-state index contributed by atoms with van der Waals surface area (Å²) in [5.41, 5.74) is 2.30. The highest BCUT2D eigenvalue weighted by atomic mass is 15.4. The lowest BCUT2D eigenvalue weighted by molar-refractivity contribution is 0.388. The molecule has 0 spiro atoms. The number of hydrogen-bond donors (Lipinski definition) is 0. The highest BCUT2D eigenvalue weighted by Gasteiger charge is 2.33. The van der Waals surface area contributed by atoms with E-state index in [0.29, 0.717) is 12.0 Å². The first-order chi connectivity index (χ1) is 12.0. The SMILES string of the molecule is CC(C)c1nc2ccccc2n1C1CN(c2nccc(N(C)C)n2)C1. The van der Waals surface area contributed by atoms with Crippen LogP contribution in [0.25, 0.3) is 11.0 Å². The molecule has 0 bridgehead atoms. The van der Waals surface area contributed by atoms with Crippen LogP contribution >= 0.6 is 0 Å². The summed E-state index contributed by atoms with van der Waals surface area (Å²) in [5, 5.41) is 0. The number of nitrogens with zero attached hydrogens (tertiary/aromatic N) is 6. The summed E-state index contributed by atoms with van der Waals surface area (Å²) in [6.45, 7) is 6.24. The van der Waals surface area contributed by atoms with Crippen LogP contribution in [0.2, 0.25) is 0 Å². The molecule has 6 heteroatoms. The lowest BCUT2D eigenvalue weighted by atomic mass is 10.1. The topological polar surface area (TPSA) is 50.1 Å². The second-order valence-electron chi connectivity index (χ2n) is 7.15. The van der Waals surface area contributed by atoms with E-state index in [1.54, 1.807) is 0 Å². The predicted octanol–water partition coefficient (Wildman–Crippen LogP) is 3.08. The molecule has 0 atom stereocenters. The number of fused-ring (bicyclic) bond motifs is 1.